The van der Waals surface area contributed by atoms with Crippen LogP contribution in [-0.4, -0.2) is 25.5 Å². The molecule has 0 saturated carbocycles. The number of hydrogen-bond donors (Lipinski definition) is 5. The second kappa shape index (κ2) is 4.55. The fraction of sp³-hybridized carbons (Fsp3) is 0. The van der Waals surface area contributed by atoms with Gasteiger partial charge in [-0.1, -0.05) is 15.9 Å². The van der Waals surface area contributed by atoms with Crippen LogP contribution in [-0.2, 0) is 0 Å². The second-order valence-electron chi connectivity index (χ2n) is 1.71. The van der Waals surface area contributed by atoms with Crippen molar-refractivity contribution in [2.45, 2.75) is 0 Å². The van der Waals surface area contributed by atoms with Gasteiger partial charge < -0.3 is 25.5 Å². The van der Waals surface area contributed by atoms with E-state index in [2.05, 4.69) is 15.9 Å². The van der Waals surface area contributed by atoms with Crippen molar-refractivity contribution in [2.75, 3.05) is 0 Å². The molecule has 6 heteroatoms. The van der Waals surface area contributed by atoms with Crippen molar-refractivity contribution in [3.63, 3.8) is 0 Å². The molecule has 0 atom stereocenters. The van der Waals surface area contributed by atoms with E-state index in [9.17, 15) is 0 Å². The van der Waals surface area contributed by atoms with Crippen molar-refractivity contribution >= 4 is 15.9 Å². The van der Waals surface area contributed by atoms with Crippen molar-refractivity contribution < 1.29 is 25.5 Å². The van der Waals surface area contributed by atoms with Gasteiger partial charge in [-0.3, -0.25) is 0 Å². The Kier molecular flexibility index (Phi) is 4.06. The van der Waals surface area contributed by atoms with E-state index in [0.29, 0.717) is 0 Å². The maximum atomic E-state index is 8.86. The standard InChI is InChI=1S/C6H7BrO5/c7-1-3(9)5(11)6(12)4(10)2-8/h1-2,8-12H/b3-1-,4-2-,6-5-. The second-order valence-corrected chi connectivity index (χ2v) is 2.16. The molecule has 5 nitrogen and oxygen atoms in total. The molecule has 0 aromatic carbocycles. The van der Waals surface area contributed by atoms with Crippen LogP contribution in [0, 0.1) is 0 Å². The van der Waals surface area contributed by atoms with Gasteiger partial charge in [0.15, 0.2) is 11.5 Å². The van der Waals surface area contributed by atoms with Crippen molar-refractivity contribution in [3.05, 3.63) is 34.3 Å². The lowest BCUT2D eigenvalue weighted by atomic mass is 10.3. The average Bonchev–Trinajstić information content (AvgIpc) is 2.12. The Bertz CT molecular complexity index is 227. The SMILES string of the molecule is O/C=C(O)/C(O)=C(O)\C(O)=C\Br. The van der Waals surface area contributed by atoms with Crippen LogP contribution in [0.25, 0.3) is 0 Å². The van der Waals surface area contributed by atoms with Crippen LogP contribution < -0.4 is 0 Å². The Balaban J connectivity index is 4.95. The van der Waals surface area contributed by atoms with Gasteiger partial charge in [-0.05, 0) is 0 Å². The molecule has 0 fully saturated rings. The molecule has 0 radical (unpaired) electrons. The Morgan fingerprint density at radius 3 is 1.67 bits per heavy atom. The summed E-state index contributed by atoms with van der Waals surface area (Å²) in [6.45, 7) is 0. The average molecular weight is 239 g/mol. The van der Waals surface area contributed by atoms with E-state index in [4.69, 9.17) is 25.5 Å². The van der Waals surface area contributed by atoms with Gasteiger partial charge in [0.1, 0.15) is 6.26 Å². The summed E-state index contributed by atoms with van der Waals surface area (Å²) in [7, 11) is 0. The number of rotatable bonds is 2. The third kappa shape index (κ3) is 2.39. The zero-order valence-corrected chi connectivity index (χ0v) is 7.35. The van der Waals surface area contributed by atoms with Crippen LogP contribution in [0.3, 0.4) is 0 Å². The Labute approximate surface area is 76.3 Å². The van der Waals surface area contributed by atoms with Crippen molar-refractivity contribution in [1.82, 2.24) is 0 Å². The lowest BCUT2D eigenvalue weighted by Gasteiger charge is -2.01. The molecule has 0 unspecified atom stereocenters. The summed E-state index contributed by atoms with van der Waals surface area (Å²) in [4.78, 5) is 0.920. The van der Waals surface area contributed by atoms with Gasteiger partial charge in [0.25, 0.3) is 0 Å². The van der Waals surface area contributed by atoms with E-state index in [0.717, 1.165) is 4.99 Å². The highest BCUT2D eigenvalue weighted by molar-refractivity contribution is 9.11. The van der Waals surface area contributed by atoms with Gasteiger partial charge >= 0.3 is 0 Å². The third-order valence-electron chi connectivity index (χ3n) is 0.935. The van der Waals surface area contributed by atoms with Crippen LogP contribution in [0.4, 0.5) is 0 Å². The predicted molar refractivity (Wildman–Crippen MR) is 45.3 cm³/mol. The lowest BCUT2D eigenvalue weighted by molar-refractivity contribution is 0.254. The van der Waals surface area contributed by atoms with E-state index in [1.54, 1.807) is 0 Å². The van der Waals surface area contributed by atoms with Crippen LogP contribution in [0.5, 0.6) is 0 Å². The first-order valence-corrected chi connectivity index (χ1v) is 3.61. The molecule has 0 aliphatic carbocycles. The maximum absolute atomic E-state index is 8.86. The molecule has 5 N–H and O–H groups in total. The molecule has 0 aromatic rings. The van der Waals surface area contributed by atoms with Crippen LogP contribution in [0.15, 0.2) is 34.3 Å². The van der Waals surface area contributed by atoms with E-state index < -0.39 is 23.0 Å². The Morgan fingerprint density at radius 1 is 0.917 bits per heavy atom. The Hall–Kier alpha value is -1.30. The molecule has 12 heavy (non-hydrogen) atoms. The summed E-state index contributed by atoms with van der Waals surface area (Å²) in [5.41, 5.74) is 0. The topological polar surface area (TPSA) is 101 Å². The van der Waals surface area contributed by atoms with E-state index in [1.165, 1.54) is 0 Å². The van der Waals surface area contributed by atoms with E-state index in [-0.39, 0.29) is 6.26 Å². The normalized spacial score (nSPS) is 15.8. The quantitative estimate of drug-likeness (QED) is 0.375. The molecule has 0 spiro atoms. The minimum absolute atomic E-state index is 0.174. The molecule has 0 rings (SSSR count). The molecule has 0 bridgehead atoms. The van der Waals surface area contributed by atoms with Crippen molar-refractivity contribution in [2.24, 2.45) is 0 Å². The number of halogens is 1. The molecule has 0 heterocycles. The molecular weight excluding hydrogens is 232 g/mol. The summed E-state index contributed by atoms with van der Waals surface area (Å²) in [6.07, 6.45) is 0.174. The molecule has 0 aliphatic heterocycles. The fourth-order valence-electron chi connectivity index (χ4n) is 0.355. The highest BCUT2D eigenvalue weighted by Gasteiger charge is 2.11. The predicted octanol–water partition coefficient (Wildman–Crippen LogP) is 2.07. The monoisotopic (exact) mass is 238 g/mol. The summed E-state index contributed by atoms with van der Waals surface area (Å²) in [5, 5.41) is 43.3. The molecule has 0 aromatic heterocycles. The van der Waals surface area contributed by atoms with Gasteiger partial charge in [0, 0.05) is 4.99 Å². The largest absolute Gasteiger partial charge is 0.512 e. The van der Waals surface area contributed by atoms with Crippen LogP contribution >= 0.6 is 15.9 Å². The lowest BCUT2D eigenvalue weighted by Crippen LogP contribution is -1.97. The van der Waals surface area contributed by atoms with Crippen LogP contribution in [0.1, 0.15) is 0 Å². The smallest absolute Gasteiger partial charge is 0.207 e. The number of aliphatic hydroxyl groups excluding tert-OH is 5. The summed E-state index contributed by atoms with van der Waals surface area (Å²) in [6, 6.07) is 0. The van der Waals surface area contributed by atoms with Crippen molar-refractivity contribution in [3.8, 4) is 0 Å². The Morgan fingerprint density at radius 2 is 1.33 bits per heavy atom. The minimum atomic E-state index is -1.02. The van der Waals surface area contributed by atoms with Crippen LogP contribution in [0.2, 0.25) is 0 Å². The summed E-state index contributed by atoms with van der Waals surface area (Å²) in [5.74, 6) is -3.60. The number of hydrogen-bond acceptors (Lipinski definition) is 5. The highest BCUT2D eigenvalue weighted by Crippen LogP contribution is 2.13. The van der Waals surface area contributed by atoms with Gasteiger partial charge in [0.2, 0.25) is 11.5 Å². The summed E-state index contributed by atoms with van der Waals surface area (Å²) >= 11 is 2.67. The van der Waals surface area contributed by atoms with E-state index in [1.807, 2.05) is 0 Å². The summed E-state index contributed by atoms with van der Waals surface area (Å²) < 4.78 is 0. The third-order valence-corrected chi connectivity index (χ3v) is 1.37. The molecule has 0 aliphatic rings. The zero-order valence-electron chi connectivity index (χ0n) is 5.77. The first kappa shape index (κ1) is 10.7. The first-order valence-electron chi connectivity index (χ1n) is 2.70. The molecule has 68 valence electrons. The zero-order chi connectivity index (χ0) is 9.72. The molecular formula is C6H7BrO5. The molecule has 0 amide bonds. The van der Waals surface area contributed by atoms with Gasteiger partial charge in [-0.2, -0.15) is 0 Å². The highest BCUT2D eigenvalue weighted by atomic mass is 79.9. The van der Waals surface area contributed by atoms with E-state index >= 15 is 0 Å². The van der Waals surface area contributed by atoms with Gasteiger partial charge in [-0.25, -0.2) is 0 Å². The van der Waals surface area contributed by atoms with Gasteiger partial charge in [0.05, 0.1) is 0 Å². The number of aliphatic hydroxyl groups is 5. The van der Waals surface area contributed by atoms with Crippen molar-refractivity contribution in [1.29, 1.82) is 0 Å². The minimum Gasteiger partial charge on any atom is -0.512 e. The maximum Gasteiger partial charge on any atom is 0.207 e. The van der Waals surface area contributed by atoms with Gasteiger partial charge in [-0.15, -0.1) is 0 Å². The fourth-order valence-corrected chi connectivity index (χ4v) is 0.572. The first-order chi connectivity index (χ1) is 5.54. The molecule has 0 saturated heterocycles.